The molecule has 1 aliphatic heterocycles. The second kappa shape index (κ2) is 10.4. The van der Waals surface area contributed by atoms with E-state index in [9.17, 15) is 22.8 Å². The van der Waals surface area contributed by atoms with E-state index in [1.807, 2.05) is 0 Å². The maximum atomic E-state index is 15.3. The number of amides is 2. The van der Waals surface area contributed by atoms with Crippen LogP contribution in [-0.2, 0) is 10.3 Å². The summed E-state index contributed by atoms with van der Waals surface area (Å²) in [7, 11) is 3.29. The molecule has 2 aromatic rings. The van der Waals surface area contributed by atoms with Gasteiger partial charge in [0, 0.05) is 42.4 Å². The number of nitrogens with zero attached hydrogens (tertiary/aromatic N) is 4. The van der Waals surface area contributed by atoms with E-state index in [1.165, 1.54) is 28.8 Å². The minimum absolute atomic E-state index is 0.0211. The van der Waals surface area contributed by atoms with Gasteiger partial charge in [-0.1, -0.05) is 17.7 Å². The smallest absolute Gasteiger partial charge is 0.422 e. The molecule has 2 heterocycles. The summed E-state index contributed by atoms with van der Waals surface area (Å²) in [6, 6.07) is 3.80. The molecule has 9 nitrogen and oxygen atoms in total. The summed E-state index contributed by atoms with van der Waals surface area (Å²) in [4.78, 5) is 38.5. The van der Waals surface area contributed by atoms with Gasteiger partial charge in [-0.2, -0.15) is 13.2 Å². The second-order valence-corrected chi connectivity index (χ2v) is 10.6. The molecule has 3 atom stereocenters. The van der Waals surface area contributed by atoms with E-state index in [-0.39, 0.29) is 39.7 Å². The van der Waals surface area contributed by atoms with E-state index in [1.54, 1.807) is 14.1 Å². The molecule has 1 aromatic carbocycles. The number of halogens is 4. The molecular weight excluding hydrogens is 540 g/mol. The fourth-order valence-electron chi connectivity index (χ4n) is 4.57. The molecule has 0 radical (unpaired) electrons. The first kappa shape index (κ1) is 28.2. The minimum atomic E-state index is -4.56. The van der Waals surface area contributed by atoms with Crippen molar-refractivity contribution in [3.63, 3.8) is 0 Å². The highest BCUT2D eigenvalue weighted by molar-refractivity contribution is 8.14. The van der Waals surface area contributed by atoms with Gasteiger partial charge in [-0.05, 0) is 31.0 Å². The number of nitrogens with two attached hydrogens (primary N) is 1. The van der Waals surface area contributed by atoms with Crippen LogP contribution in [0.2, 0.25) is 0 Å². The van der Waals surface area contributed by atoms with Gasteiger partial charge in [0.1, 0.15) is 11.5 Å². The highest BCUT2D eigenvalue weighted by atomic mass is 32.2. The summed E-state index contributed by atoms with van der Waals surface area (Å²) in [6.07, 6.45) is 4.39. The molecule has 2 amide bonds. The summed E-state index contributed by atoms with van der Waals surface area (Å²) in [5.41, 5.74) is 3.80. The number of carbonyl (C=O) groups excluding carboxylic acids is 2. The third kappa shape index (κ3) is 5.63. The lowest BCUT2D eigenvalue weighted by Gasteiger charge is -2.38. The molecule has 4 rings (SSSR count). The molecular formula is C25H24F4N6O3S. The summed E-state index contributed by atoms with van der Waals surface area (Å²) in [6.45, 7) is -1.56. The average molecular weight is 565 g/mol. The highest BCUT2D eigenvalue weighted by Crippen LogP contribution is 2.70. The molecule has 14 heteroatoms. The Morgan fingerprint density at radius 1 is 1.31 bits per heavy atom. The molecule has 0 saturated heterocycles. The van der Waals surface area contributed by atoms with Crippen LogP contribution in [-0.4, -0.2) is 64.0 Å². The summed E-state index contributed by atoms with van der Waals surface area (Å²) in [5, 5.41) is 2.69. The van der Waals surface area contributed by atoms with Crippen LogP contribution in [0.4, 0.5) is 23.2 Å². The number of benzene rings is 1. The Morgan fingerprint density at radius 2 is 2.05 bits per heavy atom. The molecule has 1 saturated carbocycles. The number of carbonyl (C=O) groups is 2. The van der Waals surface area contributed by atoms with Gasteiger partial charge >= 0.3 is 6.18 Å². The first-order valence-corrected chi connectivity index (χ1v) is 12.5. The van der Waals surface area contributed by atoms with E-state index in [2.05, 4.69) is 30.9 Å². The predicted molar refractivity (Wildman–Crippen MR) is 136 cm³/mol. The van der Waals surface area contributed by atoms with E-state index in [4.69, 9.17) is 12.2 Å². The highest BCUT2D eigenvalue weighted by Gasteiger charge is 2.70. The van der Waals surface area contributed by atoms with Crippen LogP contribution in [0, 0.1) is 23.6 Å². The van der Waals surface area contributed by atoms with Crippen molar-refractivity contribution in [3.8, 4) is 18.2 Å². The van der Waals surface area contributed by atoms with Gasteiger partial charge in [0.2, 0.25) is 11.8 Å². The topological polar surface area (TPSA) is 123 Å². The van der Waals surface area contributed by atoms with Gasteiger partial charge < -0.3 is 20.7 Å². The van der Waals surface area contributed by atoms with Crippen molar-refractivity contribution in [2.45, 2.75) is 36.2 Å². The molecule has 0 spiro atoms. The lowest BCUT2D eigenvalue weighted by atomic mass is 9.73. The molecule has 39 heavy (non-hydrogen) atoms. The molecule has 1 fully saturated rings. The molecule has 1 unspecified atom stereocenters. The number of alkyl halides is 3. The van der Waals surface area contributed by atoms with Crippen molar-refractivity contribution >= 4 is 34.4 Å². The van der Waals surface area contributed by atoms with Crippen molar-refractivity contribution in [3.05, 3.63) is 47.7 Å². The Bertz CT molecular complexity index is 1360. The van der Waals surface area contributed by atoms with Crippen LogP contribution in [0.15, 0.2) is 35.6 Å². The monoisotopic (exact) mass is 564 g/mol. The standard InChI is InChI=1S/C25H24F4N6O3S/c1-4-24(23(8-7-20(36)35(2)3)10-18(23)39-22(30)34-24)15-9-14(5-6-16(15)26)33-21(37)17-11-32-19(12-31-17)38-13-25(27,28)29/h1,5-6,9,11-12,18H,7-8,10,13H2,2-3H3,(H2,30,34)(H,33,37)/t18-,23?,24+/m0/s1. The fraction of sp³-hybridized carbons (Fsp3) is 0.400. The zero-order valence-electron chi connectivity index (χ0n) is 20.9. The van der Waals surface area contributed by atoms with E-state index >= 15 is 4.39 Å². The predicted octanol–water partition coefficient (Wildman–Crippen LogP) is 3.33. The van der Waals surface area contributed by atoms with Crippen molar-refractivity contribution in [1.29, 1.82) is 0 Å². The number of nitrogens with one attached hydrogen (secondary N) is 1. The number of terminal acetylenes is 1. The van der Waals surface area contributed by atoms with Gasteiger partial charge in [-0.25, -0.2) is 19.4 Å². The second-order valence-electron chi connectivity index (χ2n) is 9.35. The van der Waals surface area contributed by atoms with Crippen LogP contribution in [0.1, 0.15) is 35.3 Å². The lowest BCUT2D eigenvalue weighted by molar-refractivity contribution is -0.154. The number of ether oxygens (including phenoxy) is 1. The third-order valence-electron chi connectivity index (χ3n) is 6.62. The fourth-order valence-corrected chi connectivity index (χ4v) is 5.95. The Balaban J connectivity index is 1.60. The van der Waals surface area contributed by atoms with Crippen LogP contribution in [0.3, 0.4) is 0 Å². The maximum Gasteiger partial charge on any atom is 0.422 e. The Labute approximate surface area is 225 Å². The number of hydrogen-bond donors (Lipinski definition) is 2. The van der Waals surface area contributed by atoms with Gasteiger partial charge in [-0.15, -0.1) is 6.42 Å². The van der Waals surface area contributed by atoms with Crippen molar-refractivity contribution in [2.75, 3.05) is 26.0 Å². The Kier molecular flexibility index (Phi) is 7.48. The molecule has 3 N–H and O–H groups in total. The van der Waals surface area contributed by atoms with E-state index < -0.39 is 41.3 Å². The summed E-state index contributed by atoms with van der Waals surface area (Å²) >= 11 is 1.34. The van der Waals surface area contributed by atoms with Crippen LogP contribution in [0.5, 0.6) is 5.88 Å². The molecule has 206 valence electrons. The van der Waals surface area contributed by atoms with Crippen molar-refractivity contribution in [1.82, 2.24) is 14.9 Å². The Hall–Kier alpha value is -3.86. The molecule has 1 aromatic heterocycles. The number of anilines is 1. The summed E-state index contributed by atoms with van der Waals surface area (Å²) < 4.78 is 56.8. The first-order chi connectivity index (χ1) is 18.3. The lowest BCUT2D eigenvalue weighted by Crippen LogP contribution is -2.42. The SMILES string of the molecule is C#C[C@]1(c2cc(NC(=O)c3cnc(OCC(F)(F)F)cn3)ccc2F)N=C(N)S[C@H]2CC21CCC(=O)N(C)C. The molecule has 0 bridgehead atoms. The van der Waals surface area contributed by atoms with E-state index in [0.717, 1.165) is 18.5 Å². The van der Waals surface area contributed by atoms with Crippen LogP contribution >= 0.6 is 11.8 Å². The maximum absolute atomic E-state index is 15.3. The number of thioether (sulfide) groups is 1. The zero-order chi connectivity index (χ0) is 28.6. The van der Waals surface area contributed by atoms with Crippen LogP contribution in [0.25, 0.3) is 0 Å². The van der Waals surface area contributed by atoms with E-state index in [0.29, 0.717) is 12.8 Å². The average Bonchev–Trinajstić information content (AvgIpc) is 3.60. The quantitative estimate of drug-likeness (QED) is 0.373. The van der Waals surface area contributed by atoms with Gasteiger partial charge in [0.25, 0.3) is 5.91 Å². The minimum Gasteiger partial charge on any atom is -0.467 e. The number of fused-ring (bicyclic) bond motifs is 1. The number of aliphatic imine (C=N–C) groups is 1. The zero-order valence-corrected chi connectivity index (χ0v) is 21.7. The normalized spacial score (nSPS) is 23.6. The number of aromatic nitrogens is 2. The largest absolute Gasteiger partial charge is 0.467 e. The van der Waals surface area contributed by atoms with Crippen molar-refractivity contribution < 1.29 is 31.9 Å². The first-order valence-electron chi connectivity index (χ1n) is 11.6. The summed E-state index contributed by atoms with van der Waals surface area (Å²) in [5.74, 6) is 0.723. The van der Waals surface area contributed by atoms with Crippen LogP contribution < -0.4 is 15.8 Å². The van der Waals surface area contributed by atoms with Gasteiger partial charge in [-0.3, -0.25) is 9.59 Å². The molecule has 2 aliphatic rings. The van der Waals surface area contributed by atoms with Gasteiger partial charge in [0.05, 0.1) is 12.4 Å². The Morgan fingerprint density at radius 3 is 2.67 bits per heavy atom. The molecule has 1 aliphatic carbocycles. The van der Waals surface area contributed by atoms with Crippen molar-refractivity contribution in [2.24, 2.45) is 16.1 Å². The third-order valence-corrected chi connectivity index (χ3v) is 7.85. The number of hydrogen-bond acceptors (Lipinski definition) is 8. The number of rotatable bonds is 8. The van der Waals surface area contributed by atoms with Gasteiger partial charge in [0.15, 0.2) is 17.3 Å². The number of amidine groups is 1.